The molecule has 0 aromatic heterocycles. The third-order valence-electron chi connectivity index (χ3n) is 1.40. The SMILES string of the molecule is [C-]#[N+]/C(C#N)=C(\CC)C(=C=N)C#N. The summed E-state index contributed by atoms with van der Waals surface area (Å²) in [7, 11) is 0. The topological polar surface area (TPSA) is 75.8 Å². The van der Waals surface area contributed by atoms with Crippen LogP contribution in [0.5, 0.6) is 0 Å². The third-order valence-corrected chi connectivity index (χ3v) is 1.40. The molecule has 0 aromatic carbocycles. The van der Waals surface area contributed by atoms with E-state index in [-0.39, 0.29) is 16.8 Å². The minimum absolute atomic E-state index is 0.0462. The molecule has 13 heavy (non-hydrogen) atoms. The van der Waals surface area contributed by atoms with Crippen molar-refractivity contribution in [3.63, 3.8) is 0 Å². The van der Waals surface area contributed by atoms with Crippen molar-refractivity contribution in [1.29, 1.82) is 15.9 Å². The normalized spacial score (nSPS) is 9.69. The first kappa shape index (κ1) is 10.7. The van der Waals surface area contributed by atoms with E-state index in [1.54, 1.807) is 19.1 Å². The van der Waals surface area contributed by atoms with E-state index < -0.39 is 0 Å². The molecule has 0 atom stereocenters. The quantitative estimate of drug-likeness (QED) is 0.297. The second-order valence-electron chi connectivity index (χ2n) is 2.02. The predicted octanol–water partition coefficient (Wildman–Crippen LogP) is 1.79. The van der Waals surface area contributed by atoms with E-state index in [1.807, 2.05) is 5.87 Å². The zero-order valence-electron chi connectivity index (χ0n) is 7.05. The Balaban J connectivity index is 5.56. The molecule has 0 aliphatic rings. The van der Waals surface area contributed by atoms with Crippen LogP contribution in [-0.4, -0.2) is 5.87 Å². The largest absolute Gasteiger partial charge is 0.267 e. The highest BCUT2D eigenvalue weighted by Gasteiger charge is 2.09. The molecule has 0 radical (unpaired) electrons. The molecule has 0 heterocycles. The monoisotopic (exact) mass is 170 g/mol. The van der Waals surface area contributed by atoms with Crippen LogP contribution in [0.4, 0.5) is 0 Å². The maximum Gasteiger partial charge on any atom is 0.267 e. The summed E-state index contributed by atoms with van der Waals surface area (Å²) >= 11 is 0. The molecule has 0 bridgehead atoms. The summed E-state index contributed by atoms with van der Waals surface area (Å²) in [5, 5.41) is 23.9. The van der Waals surface area contributed by atoms with E-state index in [0.717, 1.165) is 0 Å². The molecule has 0 amide bonds. The van der Waals surface area contributed by atoms with Gasteiger partial charge in [-0.3, -0.25) is 5.41 Å². The van der Waals surface area contributed by atoms with Crippen LogP contribution in [0.15, 0.2) is 16.8 Å². The molecule has 0 unspecified atom stereocenters. The van der Waals surface area contributed by atoms with Crippen molar-refractivity contribution in [3.05, 3.63) is 28.3 Å². The Labute approximate surface area is 76.4 Å². The predicted molar refractivity (Wildman–Crippen MR) is 46.4 cm³/mol. The van der Waals surface area contributed by atoms with Gasteiger partial charge in [0.1, 0.15) is 11.6 Å². The lowest BCUT2D eigenvalue weighted by Gasteiger charge is -1.97. The van der Waals surface area contributed by atoms with Crippen LogP contribution in [0.2, 0.25) is 0 Å². The molecular formula is C9H6N4. The molecule has 0 saturated carbocycles. The van der Waals surface area contributed by atoms with E-state index in [1.165, 1.54) is 0 Å². The molecule has 0 aliphatic carbocycles. The Morgan fingerprint density at radius 1 is 1.46 bits per heavy atom. The van der Waals surface area contributed by atoms with Crippen molar-refractivity contribution in [2.45, 2.75) is 13.3 Å². The summed E-state index contributed by atoms with van der Waals surface area (Å²) in [6.07, 6.45) is 0.375. The fourth-order valence-electron chi connectivity index (χ4n) is 0.793. The summed E-state index contributed by atoms with van der Waals surface area (Å²) in [5.41, 5.74) is 0.101. The van der Waals surface area contributed by atoms with E-state index in [4.69, 9.17) is 22.5 Å². The zero-order valence-corrected chi connectivity index (χ0v) is 7.05. The molecule has 62 valence electrons. The first-order chi connectivity index (χ1) is 6.24. The number of nitrogens with zero attached hydrogens (tertiary/aromatic N) is 3. The van der Waals surface area contributed by atoms with Crippen molar-refractivity contribution in [2.24, 2.45) is 0 Å². The highest BCUT2D eigenvalue weighted by Crippen LogP contribution is 2.16. The molecule has 0 spiro atoms. The van der Waals surface area contributed by atoms with Crippen LogP contribution < -0.4 is 0 Å². The number of nitrogens with one attached hydrogen (secondary N) is 1. The van der Waals surface area contributed by atoms with Crippen LogP contribution in [0.25, 0.3) is 4.85 Å². The van der Waals surface area contributed by atoms with Gasteiger partial charge in [-0.2, -0.15) is 5.26 Å². The maximum atomic E-state index is 8.55. The number of nitriles is 2. The second kappa shape index (κ2) is 5.33. The summed E-state index contributed by atoms with van der Waals surface area (Å²) in [6.45, 7) is 8.38. The molecule has 0 rings (SSSR count). The number of hydrogen-bond donors (Lipinski definition) is 1. The van der Waals surface area contributed by atoms with Crippen LogP contribution in [0, 0.1) is 34.6 Å². The lowest BCUT2D eigenvalue weighted by Crippen LogP contribution is -1.90. The van der Waals surface area contributed by atoms with Crippen molar-refractivity contribution in [1.82, 2.24) is 0 Å². The third kappa shape index (κ3) is 2.31. The summed E-state index contributed by atoms with van der Waals surface area (Å²) in [6, 6.07) is 3.40. The Kier molecular flexibility index (Phi) is 4.37. The van der Waals surface area contributed by atoms with Gasteiger partial charge in [0.25, 0.3) is 5.70 Å². The number of rotatable bonds is 2. The van der Waals surface area contributed by atoms with Crippen LogP contribution in [-0.2, 0) is 0 Å². The van der Waals surface area contributed by atoms with Crippen molar-refractivity contribution in [3.8, 4) is 12.1 Å². The minimum atomic E-state index is -0.140. The summed E-state index contributed by atoms with van der Waals surface area (Å²) < 4.78 is 0. The van der Waals surface area contributed by atoms with Crippen LogP contribution in [0.1, 0.15) is 13.3 Å². The highest BCUT2D eigenvalue weighted by atomic mass is 14.7. The van der Waals surface area contributed by atoms with E-state index in [2.05, 4.69) is 4.85 Å². The first-order valence-corrected chi connectivity index (χ1v) is 3.46. The highest BCUT2D eigenvalue weighted by molar-refractivity contribution is 5.70. The van der Waals surface area contributed by atoms with Gasteiger partial charge in [0.15, 0.2) is 0 Å². The standard InChI is InChI=1S/C9H6N4/c1-3-8(7(4-10)5-11)9(6-12)13-2/h10H,3H2,1H3/b9-8+. The van der Waals surface area contributed by atoms with Gasteiger partial charge in [-0.15, -0.1) is 0 Å². The van der Waals surface area contributed by atoms with Gasteiger partial charge in [0.05, 0.1) is 12.6 Å². The lowest BCUT2D eigenvalue weighted by atomic mass is 10.0. The fraction of sp³-hybridized carbons (Fsp3) is 0.222. The van der Waals surface area contributed by atoms with Gasteiger partial charge < -0.3 is 0 Å². The molecule has 0 aliphatic heterocycles. The van der Waals surface area contributed by atoms with Crippen molar-refractivity contribution in [2.75, 3.05) is 0 Å². The van der Waals surface area contributed by atoms with Gasteiger partial charge in [0.2, 0.25) is 0 Å². The number of hydrogen-bond acceptors (Lipinski definition) is 3. The van der Waals surface area contributed by atoms with Gasteiger partial charge >= 0.3 is 0 Å². The first-order valence-electron chi connectivity index (χ1n) is 3.46. The lowest BCUT2D eigenvalue weighted by molar-refractivity contribution is 1.12. The van der Waals surface area contributed by atoms with Gasteiger partial charge in [-0.1, -0.05) is 6.92 Å². The minimum Gasteiger partial charge on any atom is -0.258 e. The van der Waals surface area contributed by atoms with Gasteiger partial charge in [-0.25, -0.2) is 10.1 Å². The average Bonchev–Trinajstić information content (AvgIpc) is 2.18. The van der Waals surface area contributed by atoms with E-state index >= 15 is 0 Å². The zero-order chi connectivity index (χ0) is 10.3. The second-order valence-corrected chi connectivity index (χ2v) is 2.02. The average molecular weight is 170 g/mol. The summed E-state index contributed by atoms with van der Waals surface area (Å²) in [5.74, 6) is 1.91. The van der Waals surface area contributed by atoms with Crippen LogP contribution >= 0.6 is 0 Å². The Bertz CT molecular complexity index is 386. The van der Waals surface area contributed by atoms with Crippen LogP contribution in [0.3, 0.4) is 0 Å². The molecule has 0 aromatic rings. The van der Waals surface area contributed by atoms with E-state index in [9.17, 15) is 0 Å². The van der Waals surface area contributed by atoms with Gasteiger partial charge in [0, 0.05) is 0 Å². The van der Waals surface area contributed by atoms with E-state index in [0.29, 0.717) is 6.42 Å². The smallest absolute Gasteiger partial charge is 0.258 e. The molecular weight excluding hydrogens is 164 g/mol. The number of allylic oxidation sites excluding steroid dienone is 3. The van der Waals surface area contributed by atoms with Crippen molar-refractivity contribution >= 4 is 5.87 Å². The Hall–Kier alpha value is -2.34. The summed E-state index contributed by atoms with van der Waals surface area (Å²) in [4.78, 5) is 2.97. The van der Waals surface area contributed by atoms with Gasteiger partial charge in [-0.05, 0) is 17.9 Å². The maximum absolute atomic E-state index is 8.55. The fourth-order valence-corrected chi connectivity index (χ4v) is 0.793. The Morgan fingerprint density at radius 3 is 2.31 bits per heavy atom. The molecule has 0 fully saturated rings. The Morgan fingerprint density at radius 2 is 2.08 bits per heavy atom. The molecule has 4 nitrogen and oxygen atoms in total. The van der Waals surface area contributed by atoms with Crippen molar-refractivity contribution < 1.29 is 0 Å². The molecule has 0 saturated heterocycles. The molecule has 4 heteroatoms. The molecule has 1 N–H and O–H groups in total.